The molecule has 26 heavy (non-hydrogen) atoms. The standard InChI is InChI=1S/C16H15F2N7O/c17-15(18)11-3-8-4-12(21-6-10(8)16(19)22-11)23-13-5-9-1-2-20-14(26)7-25(9)24-13/h3-6,15H,1-2,7H2,(H2,19,22)(H,20,26)(H,21,23,24). The average molecular weight is 359 g/mol. The Morgan fingerprint density at radius 1 is 1.27 bits per heavy atom. The van der Waals surface area contributed by atoms with Gasteiger partial charge in [-0.25, -0.2) is 18.7 Å². The fourth-order valence-corrected chi connectivity index (χ4v) is 2.88. The second-order valence-corrected chi connectivity index (χ2v) is 5.93. The van der Waals surface area contributed by atoms with Gasteiger partial charge in [0.25, 0.3) is 6.43 Å². The van der Waals surface area contributed by atoms with Crippen LogP contribution in [0, 0.1) is 0 Å². The number of aromatic nitrogens is 4. The van der Waals surface area contributed by atoms with Gasteiger partial charge in [0, 0.05) is 36.3 Å². The Morgan fingerprint density at radius 3 is 2.92 bits per heavy atom. The number of nitrogens with zero attached hydrogens (tertiary/aromatic N) is 4. The van der Waals surface area contributed by atoms with Crippen LogP contribution in [0.5, 0.6) is 0 Å². The smallest absolute Gasteiger partial charge is 0.280 e. The number of hydrogen-bond acceptors (Lipinski definition) is 6. The molecule has 0 saturated heterocycles. The summed E-state index contributed by atoms with van der Waals surface area (Å²) in [4.78, 5) is 19.5. The van der Waals surface area contributed by atoms with Gasteiger partial charge in [-0.2, -0.15) is 5.10 Å². The molecule has 134 valence electrons. The number of carbonyl (C=O) groups is 1. The minimum absolute atomic E-state index is 0.0107. The summed E-state index contributed by atoms with van der Waals surface area (Å²) in [6.07, 6.45) is -0.559. The van der Waals surface area contributed by atoms with Crippen LogP contribution in [0.1, 0.15) is 17.8 Å². The van der Waals surface area contributed by atoms with Crippen LogP contribution in [0.25, 0.3) is 10.8 Å². The van der Waals surface area contributed by atoms with Gasteiger partial charge in [-0.1, -0.05) is 0 Å². The highest BCUT2D eigenvalue weighted by Gasteiger charge is 2.16. The van der Waals surface area contributed by atoms with Crippen LogP contribution in [0.2, 0.25) is 0 Å². The molecule has 0 spiro atoms. The van der Waals surface area contributed by atoms with Crippen LogP contribution in [-0.4, -0.2) is 32.2 Å². The van der Waals surface area contributed by atoms with Crippen molar-refractivity contribution in [2.45, 2.75) is 19.4 Å². The molecule has 0 saturated carbocycles. The number of nitrogens with one attached hydrogen (secondary N) is 2. The molecule has 8 nitrogen and oxygen atoms in total. The minimum atomic E-state index is -2.71. The summed E-state index contributed by atoms with van der Waals surface area (Å²) in [5.41, 5.74) is 6.27. The SMILES string of the molecule is Nc1nc(C(F)F)cc2cc(Nc3cc4n(n3)CC(=O)NCC4)ncc12. The molecule has 0 radical (unpaired) electrons. The van der Waals surface area contributed by atoms with Crippen molar-refractivity contribution < 1.29 is 13.6 Å². The van der Waals surface area contributed by atoms with Crippen LogP contribution in [0.15, 0.2) is 24.4 Å². The number of nitrogen functional groups attached to an aromatic ring is 1. The molecule has 0 atom stereocenters. The van der Waals surface area contributed by atoms with Gasteiger partial charge in [0.1, 0.15) is 23.9 Å². The molecule has 0 fully saturated rings. The van der Waals surface area contributed by atoms with E-state index in [9.17, 15) is 13.6 Å². The normalized spacial score (nSPS) is 14.2. The molecule has 4 N–H and O–H groups in total. The summed E-state index contributed by atoms with van der Waals surface area (Å²) in [5.74, 6) is 0.875. The first-order valence-electron chi connectivity index (χ1n) is 7.94. The number of amides is 1. The summed E-state index contributed by atoms with van der Waals surface area (Å²) in [5, 5.41) is 11.2. The first-order valence-corrected chi connectivity index (χ1v) is 7.94. The van der Waals surface area contributed by atoms with Crippen molar-refractivity contribution in [3.63, 3.8) is 0 Å². The lowest BCUT2D eigenvalue weighted by Crippen LogP contribution is -2.25. The molecule has 1 aliphatic rings. The second kappa shape index (κ2) is 6.21. The lowest BCUT2D eigenvalue weighted by Gasteiger charge is -2.08. The zero-order valence-corrected chi connectivity index (χ0v) is 13.5. The number of rotatable bonds is 3. The van der Waals surface area contributed by atoms with Crippen LogP contribution in [-0.2, 0) is 17.8 Å². The fraction of sp³-hybridized carbons (Fsp3) is 0.250. The number of pyridine rings is 2. The zero-order chi connectivity index (χ0) is 18.3. The van der Waals surface area contributed by atoms with E-state index in [0.717, 1.165) is 5.69 Å². The number of alkyl halides is 2. The Bertz CT molecular complexity index is 1000. The topological polar surface area (TPSA) is 111 Å². The van der Waals surface area contributed by atoms with Crippen LogP contribution in [0.4, 0.5) is 26.2 Å². The van der Waals surface area contributed by atoms with Crippen molar-refractivity contribution in [2.24, 2.45) is 0 Å². The Hall–Kier alpha value is -3.30. The molecule has 0 aromatic carbocycles. The summed E-state index contributed by atoms with van der Waals surface area (Å²) in [7, 11) is 0. The van der Waals surface area contributed by atoms with E-state index in [1.54, 1.807) is 10.7 Å². The number of nitrogens with two attached hydrogens (primary N) is 1. The van der Waals surface area contributed by atoms with E-state index in [0.29, 0.717) is 35.4 Å². The second-order valence-electron chi connectivity index (χ2n) is 5.93. The first kappa shape index (κ1) is 16.2. The van der Waals surface area contributed by atoms with Gasteiger partial charge < -0.3 is 16.4 Å². The largest absolute Gasteiger partial charge is 0.383 e. The molecule has 3 aromatic heterocycles. The number of halogens is 2. The zero-order valence-electron chi connectivity index (χ0n) is 13.5. The van der Waals surface area contributed by atoms with Gasteiger partial charge in [0.15, 0.2) is 5.82 Å². The van der Waals surface area contributed by atoms with Gasteiger partial charge in [-0.3, -0.25) is 9.48 Å². The van der Waals surface area contributed by atoms with Crippen molar-refractivity contribution in [3.05, 3.63) is 35.8 Å². The first-order chi connectivity index (χ1) is 12.5. The van der Waals surface area contributed by atoms with Gasteiger partial charge in [-0.05, 0) is 17.5 Å². The van der Waals surface area contributed by atoms with E-state index in [1.807, 2.05) is 6.07 Å². The maximum Gasteiger partial charge on any atom is 0.280 e. The number of carbonyl (C=O) groups excluding carboxylic acids is 1. The summed E-state index contributed by atoms with van der Waals surface area (Å²) < 4.78 is 27.5. The van der Waals surface area contributed by atoms with Crippen molar-refractivity contribution in [1.29, 1.82) is 0 Å². The molecular formula is C16H15F2N7O. The van der Waals surface area contributed by atoms with Crippen LogP contribution >= 0.6 is 0 Å². The van der Waals surface area contributed by atoms with E-state index in [1.165, 1.54) is 12.3 Å². The molecule has 10 heteroatoms. The van der Waals surface area contributed by atoms with Crippen molar-refractivity contribution in [1.82, 2.24) is 25.1 Å². The van der Waals surface area contributed by atoms with Crippen molar-refractivity contribution >= 4 is 34.1 Å². The number of fused-ring (bicyclic) bond motifs is 2. The highest BCUT2D eigenvalue weighted by atomic mass is 19.3. The molecule has 3 aromatic rings. The quantitative estimate of drug-likeness (QED) is 0.657. The molecule has 0 unspecified atom stereocenters. The summed E-state index contributed by atoms with van der Waals surface area (Å²) in [6.45, 7) is 0.711. The maximum absolute atomic E-state index is 12.9. The van der Waals surface area contributed by atoms with Gasteiger partial charge in [0.2, 0.25) is 5.91 Å². The van der Waals surface area contributed by atoms with E-state index in [2.05, 4.69) is 25.7 Å². The molecule has 0 bridgehead atoms. The maximum atomic E-state index is 12.9. The highest BCUT2D eigenvalue weighted by Crippen LogP contribution is 2.27. The molecule has 4 rings (SSSR count). The molecule has 1 amide bonds. The summed E-state index contributed by atoms with van der Waals surface area (Å²) >= 11 is 0. The predicted octanol–water partition coefficient (Wildman–Crippen LogP) is 1.76. The van der Waals surface area contributed by atoms with Gasteiger partial charge >= 0.3 is 0 Å². The average Bonchev–Trinajstić information content (AvgIpc) is 2.86. The van der Waals surface area contributed by atoms with E-state index in [-0.39, 0.29) is 24.0 Å². The van der Waals surface area contributed by atoms with Gasteiger partial charge in [-0.15, -0.1) is 0 Å². The Labute approximate surface area is 146 Å². The van der Waals surface area contributed by atoms with E-state index in [4.69, 9.17) is 5.73 Å². The number of hydrogen-bond donors (Lipinski definition) is 3. The van der Waals surface area contributed by atoms with Gasteiger partial charge in [0.05, 0.1) is 0 Å². The van der Waals surface area contributed by atoms with E-state index >= 15 is 0 Å². The summed E-state index contributed by atoms with van der Waals surface area (Å²) in [6, 6.07) is 4.73. The molecule has 1 aliphatic heterocycles. The third kappa shape index (κ3) is 3.01. The third-order valence-electron chi connectivity index (χ3n) is 4.10. The molecule has 0 aliphatic carbocycles. The van der Waals surface area contributed by atoms with E-state index < -0.39 is 6.43 Å². The lowest BCUT2D eigenvalue weighted by molar-refractivity contribution is -0.121. The molecule has 4 heterocycles. The fourth-order valence-electron chi connectivity index (χ4n) is 2.88. The van der Waals surface area contributed by atoms with Crippen molar-refractivity contribution in [3.8, 4) is 0 Å². The predicted molar refractivity (Wildman–Crippen MR) is 91.1 cm³/mol. The Balaban J connectivity index is 1.65. The lowest BCUT2D eigenvalue weighted by atomic mass is 10.2. The number of anilines is 3. The monoisotopic (exact) mass is 359 g/mol. The molecular weight excluding hydrogens is 344 g/mol. The highest BCUT2D eigenvalue weighted by molar-refractivity contribution is 5.92. The Morgan fingerprint density at radius 2 is 2.12 bits per heavy atom. The van der Waals surface area contributed by atoms with Crippen molar-refractivity contribution in [2.75, 3.05) is 17.6 Å². The minimum Gasteiger partial charge on any atom is -0.383 e. The Kier molecular flexibility index (Phi) is 3.86. The van der Waals surface area contributed by atoms with Crippen LogP contribution in [0.3, 0.4) is 0 Å². The third-order valence-corrected chi connectivity index (χ3v) is 4.10. The van der Waals surface area contributed by atoms with Crippen LogP contribution < -0.4 is 16.4 Å².